The molecule has 0 saturated carbocycles. The average Bonchev–Trinajstić information content (AvgIpc) is 2.68. The topological polar surface area (TPSA) is 98.7 Å². The summed E-state index contributed by atoms with van der Waals surface area (Å²) in [6.07, 6.45) is 0. The van der Waals surface area contributed by atoms with E-state index in [1.807, 2.05) is 36.4 Å². The zero-order valence-electron chi connectivity index (χ0n) is 16.9. The Morgan fingerprint density at radius 1 is 1.00 bits per heavy atom. The van der Waals surface area contributed by atoms with E-state index in [9.17, 15) is 14.7 Å². The van der Waals surface area contributed by atoms with Gasteiger partial charge in [-0.05, 0) is 52.7 Å². The van der Waals surface area contributed by atoms with E-state index in [0.29, 0.717) is 5.69 Å². The van der Waals surface area contributed by atoms with Gasteiger partial charge in [-0.3, -0.25) is 4.79 Å². The van der Waals surface area contributed by atoms with Crippen molar-refractivity contribution in [3.8, 4) is 11.5 Å². The minimum atomic E-state index is -1.06. The number of fused-ring (bicyclic) bond motifs is 1. The molecule has 0 bridgehead atoms. The third-order valence-corrected chi connectivity index (χ3v) is 4.11. The van der Waals surface area contributed by atoms with Gasteiger partial charge in [0.25, 0.3) is 0 Å². The fraction of sp³-hybridized carbons (Fsp3) is 0.182. The Labute approximate surface area is 191 Å². The van der Waals surface area contributed by atoms with Crippen LogP contribution in [0.3, 0.4) is 0 Å². The van der Waals surface area contributed by atoms with Crippen LogP contribution in [0.2, 0.25) is 0 Å². The third-order valence-electron chi connectivity index (χ3n) is 4.11. The Morgan fingerprint density at radius 2 is 1.59 bits per heavy atom. The molecule has 29 heavy (non-hydrogen) atoms. The Balaban J connectivity index is 0.000000306. The van der Waals surface area contributed by atoms with Crippen molar-refractivity contribution in [2.75, 3.05) is 12.4 Å². The van der Waals surface area contributed by atoms with E-state index < -0.39 is 11.9 Å². The molecule has 2 N–H and O–H groups in total. The van der Waals surface area contributed by atoms with Crippen LogP contribution >= 0.6 is 0 Å². The number of carboxylic acids is 1. The number of hydrogen-bond donors (Lipinski definition) is 2. The molecule has 7 heteroatoms. The van der Waals surface area contributed by atoms with Crippen LogP contribution in [-0.4, -0.2) is 24.1 Å². The number of amides is 1. The summed E-state index contributed by atoms with van der Waals surface area (Å²) >= 11 is 0. The van der Waals surface area contributed by atoms with Crippen molar-refractivity contribution in [1.82, 2.24) is 0 Å². The van der Waals surface area contributed by atoms with E-state index in [-0.39, 0.29) is 41.2 Å². The normalized spacial score (nSPS) is 10.7. The first-order chi connectivity index (χ1) is 13.3. The summed E-state index contributed by atoms with van der Waals surface area (Å²) in [6.45, 7) is 3.06. The predicted octanol–water partition coefficient (Wildman–Crippen LogP) is 0.0564. The van der Waals surface area contributed by atoms with Crippen LogP contribution in [0, 0.1) is 0 Å². The molecule has 0 unspecified atom stereocenters. The van der Waals surface area contributed by atoms with Crippen LogP contribution in [-0.2, 0) is 9.59 Å². The number of aliphatic carboxylic acids is 1. The van der Waals surface area contributed by atoms with Gasteiger partial charge in [0.05, 0.1) is 7.11 Å². The second kappa shape index (κ2) is 11.5. The maximum atomic E-state index is 10.8. The number of carboxylic acid groups (broad SMARTS) is 1. The number of aromatic hydroxyl groups is 1. The van der Waals surface area contributed by atoms with Crippen molar-refractivity contribution < 1.29 is 54.1 Å². The molecule has 0 heterocycles. The monoisotopic (exact) mass is 403 g/mol. The molecule has 146 valence electrons. The smallest absolute Gasteiger partial charge is 0.550 e. The molecule has 0 aliphatic rings. The molecule has 6 nitrogen and oxygen atoms in total. The molecular weight excluding hydrogens is 381 g/mol. The van der Waals surface area contributed by atoms with E-state index >= 15 is 0 Å². The van der Waals surface area contributed by atoms with Crippen LogP contribution in [0.1, 0.15) is 25.3 Å². The Hall–Kier alpha value is -2.54. The summed E-state index contributed by atoms with van der Waals surface area (Å²) in [5.74, 6) is -0.785. The van der Waals surface area contributed by atoms with E-state index in [1.54, 1.807) is 26.2 Å². The first kappa shape index (κ1) is 24.5. The number of phenolic OH excluding ortho intramolecular Hbond substituents is 1. The largest absolute Gasteiger partial charge is 1.00 e. The molecule has 1 amide bonds. The van der Waals surface area contributed by atoms with Crippen molar-refractivity contribution in [2.24, 2.45) is 0 Å². The molecular formula is C22H22NNaO5. The van der Waals surface area contributed by atoms with Gasteiger partial charge in [0.1, 0.15) is 11.5 Å². The van der Waals surface area contributed by atoms with Crippen LogP contribution in [0.25, 0.3) is 10.8 Å². The number of ether oxygens (including phenoxy) is 1. The molecule has 1 atom stereocenters. The van der Waals surface area contributed by atoms with E-state index in [2.05, 4.69) is 5.32 Å². The van der Waals surface area contributed by atoms with Gasteiger partial charge in [-0.25, -0.2) is 0 Å². The summed E-state index contributed by atoms with van der Waals surface area (Å²) < 4.78 is 5.13. The van der Waals surface area contributed by atoms with Gasteiger partial charge in [0, 0.05) is 24.5 Å². The molecule has 0 aliphatic heterocycles. The summed E-state index contributed by atoms with van der Waals surface area (Å²) in [4.78, 5) is 21.3. The molecule has 0 radical (unpaired) electrons. The first-order valence-electron chi connectivity index (χ1n) is 8.65. The SMILES string of the molecule is CC(=O)Nc1ccc(O)cc1.COc1ccc2cc([C@H](C)C(=O)[O-])ccc2c1.[Na+]. The van der Waals surface area contributed by atoms with E-state index in [4.69, 9.17) is 9.84 Å². The maximum Gasteiger partial charge on any atom is 1.00 e. The summed E-state index contributed by atoms with van der Waals surface area (Å²) in [5, 5.41) is 24.3. The predicted molar refractivity (Wildman–Crippen MR) is 106 cm³/mol. The van der Waals surface area contributed by atoms with Gasteiger partial charge in [-0.1, -0.05) is 31.2 Å². The van der Waals surface area contributed by atoms with Crippen molar-refractivity contribution >= 4 is 28.3 Å². The quantitative estimate of drug-likeness (QED) is 0.474. The number of rotatable bonds is 4. The number of carbonyl (C=O) groups is 2. The van der Waals surface area contributed by atoms with E-state index in [1.165, 1.54) is 19.1 Å². The second-order valence-corrected chi connectivity index (χ2v) is 6.24. The maximum absolute atomic E-state index is 10.8. The van der Waals surface area contributed by atoms with Gasteiger partial charge in [-0.2, -0.15) is 0 Å². The van der Waals surface area contributed by atoms with E-state index in [0.717, 1.165) is 22.1 Å². The number of benzene rings is 3. The fourth-order valence-electron chi connectivity index (χ4n) is 2.52. The van der Waals surface area contributed by atoms with Gasteiger partial charge in [0.15, 0.2) is 0 Å². The molecule has 3 aromatic carbocycles. The molecule has 3 rings (SSSR count). The van der Waals surface area contributed by atoms with Crippen LogP contribution in [0.15, 0.2) is 60.7 Å². The van der Waals surface area contributed by atoms with Crippen molar-refractivity contribution in [3.05, 3.63) is 66.2 Å². The molecule has 0 aromatic heterocycles. The van der Waals surface area contributed by atoms with Crippen LogP contribution in [0.4, 0.5) is 5.69 Å². The van der Waals surface area contributed by atoms with Crippen molar-refractivity contribution in [3.63, 3.8) is 0 Å². The summed E-state index contributed by atoms with van der Waals surface area (Å²) in [6, 6.07) is 17.6. The molecule has 0 saturated heterocycles. The van der Waals surface area contributed by atoms with Crippen LogP contribution in [0.5, 0.6) is 11.5 Å². The van der Waals surface area contributed by atoms with Crippen molar-refractivity contribution in [1.29, 1.82) is 0 Å². The number of phenols is 1. The van der Waals surface area contributed by atoms with Gasteiger partial charge >= 0.3 is 29.6 Å². The zero-order chi connectivity index (χ0) is 20.7. The Morgan fingerprint density at radius 3 is 2.14 bits per heavy atom. The standard InChI is InChI=1S/C14H14O3.C8H9NO2.Na/c1-9(14(15)16)10-3-4-12-8-13(17-2)6-5-11(12)7-10;1-6(10)9-7-2-4-8(11)5-3-7;/h3-9H,1-2H3,(H,15,16);2-5,11H,1H3,(H,9,10);/q;;+1/p-1/t9-;;/m0../s1. The number of carbonyl (C=O) groups excluding carboxylic acids is 2. The zero-order valence-corrected chi connectivity index (χ0v) is 18.9. The average molecular weight is 403 g/mol. The first-order valence-corrected chi connectivity index (χ1v) is 8.65. The molecule has 0 spiro atoms. The van der Waals surface area contributed by atoms with Gasteiger partial charge in [-0.15, -0.1) is 0 Å². The number of hydrogen-bond acceptors (Lipinski definition) is 5. The number of anilines is 1. The molecule has 0 aliphatic carbocycles. The fourth-order valence-corrected chi connectivity index (χ4v) is 2.52. The minimum absolute atomic E-state index is 0. The Kier molecular flexibility index (Phi) is 9.68. The summed E-state index contributed by atoms with van der Waals surface area (Å²) in [5.41, 5.74) is 1.44. The number of methoxy groups -OCH3 is 1. The molecule has 0 fully saturated rings. The van der Waals surface area contributed by atoms with Crippen LogP contribution < -0.4 is 44.7 Å². The minimum Gasteiger partial charge on any atom is -0.550 e. The summed E-state index contributed by atoms with van der Waals surface area (Å²) in [7, 11) is 1.62. The second-order valence-electron chi connectivity index (χ2n) is 6.24. The van der Waals surface area contributed by atoms with Gasteiger partial charge in [0.2, 0.25) is 5.91 Å². The Bertz CT molecular complexity index is 973. The van der Waals surface area contributed by atoms with Crippen molar-refractivity contribution in [2.45, 2.75) is 19.8 Å². The van der Waals surface area contributed by atoms with Gasteiger partial charge < -0.3 is 25.1 Å². The molecule has 3 aromatic rings. The number of nitrogens with one attached hydrogen (secondary N) is 1. The third kappa shape index (κ3) is 7.42.